The molecule has 0 saturated carbocycles. The molecule has 0 unspecified atom stereocenters. The van der Waals surface area contributed by atoms with Gasteiger partial charge in [-0.1, -0.05) is 35.7 Å². The van der Waals surface area contributed by atoms with Crippen LogP contribution in [0.1, 0.15) is 47.9 Å². The molecule has 160 valence electrons. The van der Waals surface area contributed by atoms with Crippen LogP contribution in [0.4, 0.5) is 5.69 Å². The average molecular weight is 494 g/mol. The minimum Gasteiger partial charge on any atom is -0.462 e. The van der Waals surface area contributed by atoms with Gasteiger partial charge in [0.25, 0.3) is 10.0 Å². The van der Waals surface area contributed by atoms with Crippen LogP contribution in [0.2, 0.25) is 0 Å². The summed E-state index contributed by atoms with van der Waals surface area (Å²) >= 11 is 3.30. The molecule has 3 aromatic rings. The highest BCUT2D eigenvalue weighted by Gasteiger charge is 2.22. The lowest BCUT2D eigenvalue weighted by Crippen LogP contribution is -2.14. The fraction of sp³-hybridized carbons (Fsp3) is 0.318. The zero-order valence-corrected chi connectivity index (χ0v) is 19.5. The third-order valence-corrected chi connectivity index (χ3v) is 6.67. The Labute approximate surface area is 184 Å². The van der Waals surface area contributed by atoms with E-state index in [1.807, 2.05) is 0 Å². The van der Waals surface area contributed by atoms with E-state index in [4.69, 9.17) is 9.15 Å². The summed E-state index contributed by atoms with van der Waals surface area (Å²) < 4.78 is 40.1. The van der Waals surface area contributed by atoms with E-state index >= 15 is 0 Å². The number of furan rings is 1. The molecule has 30 heavy (non-hydrogen) atoms. The van der Waals surface area contributed by atoms with Gasteiger partial charge in [0.05, 0.1) is 17.2 Å². The van der Waals surface area contributed by atoms with E-state index in [-0.39, 0.29) is 4.90 Å². The van der Waals surface area contributed by atoms with Gasteiger partial charge in [-0.05, 0) is 62.2 Å². The number of unbranched alkanes of at least 4 members (excludes halogenated alkanes) is 2. The van der Waals surface area contributed by atoms with Crippen molar-refractivity contribution in [3.63, 3.8) is 0 Å². The molecule has 1 aromatic heterocycles. The van der Waals surface area contributed by atoms with E-state index in [0.717, 1.165) is 23.7 Å². The molecule has 0 aliphatic carbocycles. The largest absolute Gasteiger partial charge is 0.462 e. The van der Waals surface area contributed by atoms with Crippen molar-refractivity contribution in [1.29, 1.82) is 0 Å². The topological polar surface area (TPSA) is 85.6 Å². The van der Waals surface area contributed by atoms with Gasteiger partial charge in [-0.3, -0.25) is 4.72 Å². The van der Waals surface area contributed by atoms with Crippen LogP contribution in [0.15, 0.2) is 50.2 Å². The number of ether oxygens (including phenoxy) is 1. The van der Waals surface area contributed by atoms with Crippen molar-refractivity contribution in [2.75, 3.05) is 11.3 Å². The van der Waals surface area contributed by atoms with Gasteiger partial charge in [-0.25, -0.2) is 13.2 Å². The Balaban J connectivity index is 1.93. The van der Waals surface area contributed by atoms with Crippen LogP contribution in [-0.4, -0.2) is 21.0 Å². The Morgan fingerprint density at radius 1 is 1.13 bits per heavy atom. The number of sulfonamides is 1. The van der Waals surface area contributed by atoms with E-state index in [1.165, 1.54) is 12.1 Å². The van der Waals surface area contributed by atoms with Gasteiger partial charge in [0.2, 0.25) is 0 Å². The Hall–Kier alpha value is -2.32. The van der Waals surface area contributed by atoms with Crippen LogP contribution in [0, 0.1) is 13.8 Å². The molecule has 8 heteroatoms. The predicted octanol–water partition coefficient (Wildman–Crippen LogP) is 5.96. The standard InChI is InChI=1S/C22H24BrNO5S/c1-4-5-6-11-28-22(25)21-15(3)29-20-12-14(2)19(13-18(20)21)24-30(26,27)17-9-7-16(23)8-10-17/h7-10,12-13,24H,4-6,11H2,1-3H3. The third kappa shape index (κ3) is 4.87. The molecule has 0 saturated heterocycles. The van der Waals surface area contributed by atoms with Gasteiger partial charge in [-0.15, -0.1) is 0 Å². The molecule has 3 rings (SSSR count). The fourth-order valence-corrected chi connectivity index (χ4v) is 4.52. The van der Waals surface area contributed by atoms with Gasteiger partial charge < -0.3 is 9.15 Å². The first-order valence-electron chi connectivity index (χ1n) is 9.72. The van der Waals surface area contributed by atoms with Crippen molar-refractivity contribution in [2.24, 2.45) is 0 Å². The first kappa shape index (κ1) is 22.4. The second kappa shape index (κ2) is 9.22. The Kier molecular flexibility index (Phi) is 6.88. The maximum atomic E-state index is 12.8. The molecule has 0 radical (unpaired) electrons. The SMILES string of the molecule is CCCCCOC(=O)c1c(C)oc2cc(C)c(NS(=O)(=O)c3ccc(Br)cc3)cc12. The first-order valence-corrected chi connectivity index (χ1v) is 12.0. The summed E-state index contributed by atoms with van der Waals surface area (Å²) in [6.45, 7) is 5.89. The number of esters is 1. The van der Waals surface area contributed by atoms with Gasteiger partial charge in [-0.2, -0.15) is 0 Å². The van der Waals surface area contributed by atoms with E-state index in [1.54, 1.807) is 38.1 Å². The summed E-state index contributed by atoms with van der Waals surface area (Å²) in [7, 11) is -3.79. The number of hydrogen-bond acceptors (Lipinski definition) is 5. The summed E-state index contributed by atoms with van der Waals surface area (Å²) in [5, 5.41) is 0.520. The average Bonchev–Trinajstić information content (AvgIpc) is 3.00. The van der Waals surface area contributed by atoms with Crippen molar-refractivity contribution in [2.45, 2.75) is 44.9 Å². The zero-order chi connectivity index (χ0) is 21.9. The molecule has 0 aliphatic heterocycles. The highest BCUT2D eigenvalue weighted by atomic mass is 79.9. The summed E-state index contributed by atoms with van der Waals surface area (Å²) in [6, 6.07) is 9.70. The summed E-state index contributed by atoms with van der Waals surface area (Å²) in [5.74, 6) is -0.0225. The molecular formula is C22H24BrNO5S. The van der Waals surface area contributed by atoms with Crippen LogP contribution in [0.3, 0.4) is 0 Å². The highest BCUT2D eigenvalue weighted by Crippen LogP contribution is 2.32. The second-order valence-corrected chi connectivity index (χ2v) is 9.70. The van der Waals surface area contributed by atoms with Crippen molar-refractivity contribution < 1.29 is 22.4 Å². The Morgan fingerprint density at radius 3 is 2.50 bits per heavy atom. The molecule has 0 spiro atoms. The lowest BCUT2D eigenvalue weighted by atomic mass is 10.1. The Morgan fingerprint density at radius 2 is 1.83 bits per heavy atom. The lowest BCUT2D eigenvalue weighted by Gasteiger charge is -2.11. The number of halogens is 1. The number of carbonyl (C=O) groups excluding carboxylic acids is 1. The Bertz CT molecular complexity index is 1170. The number of anilines is 1. The quantitative estimate of drug-likeness (QED) is 0.309. The van der Waals surface area contributed by atoms with Crippen molar-refractivity contribution in [1.82, 2.24) is 0 Å². The third-order valence-electron chi connectivity index (χ3n) is 4.76. The monoisotopic (exact) mass is 493 g/mol. The van der Waals surface area contributed by atoms with Gasteiger partial charge in [0.1, 0.15) is 16.9 Å². The number of fused-ring (bicyclic) bond motifs is 1. The number of nitrogens with one attached hydrogen (secondary N) is 1. The summed E-state index contributed by atoms with van der Waals surface area (Å²) in [5.41, 5.74) is 1.90. The van der Waals surface area contributed by atoms with E-state index in [2.05, 4.69) is 27.6 Å². The number of benzene rings is 2. The van der Waals surface area contributed by atoms with E-state index in [9.17, 15) is 13.2 Å². The predicted molar refractivity (Wildman–Crippen MR) is 120 cm³/mol. The minimum absolute atomic E-state index is 0.143. The molecular weight excluding hydrogens is 470 g/mol. The molecule has 0 fully saturated rings. The number of aryl methyl sites for hydroxylation is 2. The molecule has 0 bridgehead atoms. The van der Waals surface area contributed by atoms with Crippen molar-refractivity contribution in [3.8, 4) is 0 Å². The fourth-order valence-electron chi connectivity index (χ4n) is 3.14. The zero-order valence-electron chi connectivity index (χ0n) is 17.1. The van der Waals surface area contributed by atoms with Gasteiger partial charge >= 0.3 is 5.97 Å². The van der Waals surface area contributed by atoms with Crippen LogP contribution in [0.5, 0.6) is 0 Å². The maximum Gasteiger partial charge on any atom is 0.342 e. The molecule has 1 heterocycles. The molecule has 1 N–H and O–H groups in total. The van der Waals surface area contributed by atoms with Crippen LogP contribution in [-0.2, 0) is 14.8 Å². The molecule has 0 aliphatic rings. The first-order chi connectivity index (χ1) is 14.2. The summed E-state index contributed by atoms with van der Waals surface area (Å²) in [4.78, 5) is 12.8. The number of rotatable bonds is 8. The molecule has 0 atom stereocenters. The van der Waals surface area contributed by atoms with Crippen molar-refractivity contribution in [3.05, 3.63) is 57.8 Å². The molecule has 2 aromatic carbocycles. The molecule has 0 amide bonds. The molecule has 6 nitrogen and oxygen atoms in total. The van der Waals surface area contributed by atoms with Gasteiger partial charge in [0, 0.05) is 9.86 Å². The van der Waals surface area contributed by atoms with Crippen LogP contribution < -0.4 is 4.72 Å². The highest BCUT2D eigenvalue weighted by molar-refractivity contribution is 9.10. The van der Waals surface area contributed by atoms with Gasteiger partial charge in [0.15, 0.2) is 0 Å². The minimum atomic E-state index is -3.79. The van der Waals surface area contributed by atoms with Crippen LogP contribution in [0.25, 0.3) is 11.0 Å². The lowest BCUT2D eigenvalue weighted by molar-refractivity contribution is 0.0498. The normalized spacial score (nSPS) is 11.6. The maximum absolute atomic E-state index is 12.8. The number of carbonyl (C=O) groups is 1. The van der Waals surface area contributed by atoms with E-state index in [0.29, 0.717) is 40.2 Å². The summed E-state index contributed by atoms with van der Waals surface area (Å²) in [6.07, 6.45) is 2.82. The number of hydrogen-bond donors (Lipinski definition) is 1. The second-order valence-electron chi connectivity index (χ2n) is 7.10. The van der Waals surface area contributed by atoms with E-state index < -0.39 is 16.0 Å². The van der Waals surface area contributed by atoms with Crippen molar-refractivity contribution >= 4 is 48.6 Å². The smallest absolute Gasteiger partial charge is 0.342 e. The van der Waals surface area contributed by atoms with Crippen LogP contribution >= 0.6 is 15.9 Å².